The van der Waals surface area contributed by atoms with Crippen LogP contribution in [0.3, 0.4) is 0 Å². The maximum absolute atomic E-state index is 3.49. The molecule has 0 bridgehead atoms. The minimum atomic E-state index is 0.583. The zero-order valence-electron chi connectivity index (χ0n) is 8.00. The molecule has 0 amide bonds. The summed E-state index contributed by atoms with van der Waals surface area (Å²) < 4.78 is 0. The lowest BCUT2D eigenvalue weighted by Gasteiger charge is -2.15. The minimum absolute atomic E-state index is 0.583. The molecule has 1 nitrogen and oxygen atoms in total. The quantitative estimate of drug-likeness (QED) is 0.756. The summed E-state index contributed by atoms with van der Waals surface area (Å²) in [6.45, 7) is 6.61. The minimum Gasteiger partial charge on any atom is -0.312 e. The van der Waals surface area contributed by atoms with Gasteiger partial charge in [0.15, 0.2) is 0 Å². The molecule has 1 aromatic rings. The maximum atomic E-state index is 3.49. The monoisotopic (exact) mass is 183 g/mol. The Hall–Kier alpha value is -0.340. The largest absolute Gasteiger partial charge is 0.312 e. The third-order valence-corrected chi connectivity index (χ3v) is 2.60. The fourth-order valence-corrected chi connectivity index (χ4v) is 2.19. The summed E-state index contributed by atoms with van der Waals surface area (Å²) in [5.74, 6) is 0. The Morgan fingerprint density at radius 2 is 2.17 bits per heavy atom. The Kier molecular flexibility index (Phi) is 3.76. The van der Waals surface area contributed by atoms with Gasteiger partial charge in [-0.3, -0.25) is 0 Å². The molecule has 0 aliphatic carbocycles. The molecule has 1 rings (SSSR count). The van der Waals surface area contributed by atoms with E-state index in [-0.39, 0.29) is 0 Å². The van der Waals surface area contributed by atoms with Gasteiger partial charge >= 0.3 is 0 Å². The average Bonchev–Trinajstić information content (AvgIpc) is 2.37. The molecular formula is C10H17NS. The summed E-state index contributed by atoms with van der Waals surface area (Å²) in [6.07, 6.45) is 1.15. The number of thiophene rings is 1. The van der Waals surface area contributed by atoms with E-state index in [0.717, 1.165) is 6.42 Å². The maximum Gasteiger partial charge on any atom is 0.00893 e. The highest BCUT2D eigenvalue weighted by atomic mass is 32.1. The van der Waals surface area contributed by atoms with Crippen LogP contribution in [0.15, 0.2) is 17.5 Å². The van der Waals surface area contributed by atoms with Gasteiger partial charge in [0.25, 0.3) is 0 Å². The molecule has 0 spiro atoms. The first-order valence-corrected chi connectivity index (χ1v) is 5.35. The Bertz CT molecular complexity index is 204. The van der Waals surface area contributed by atoms with Gasteiger partial charge in [0.1, 0.15) is 0 Å². The van der Waals surface area contributed by atoms with Crippen molar-refractivity contribution < 1.29 is 0 Å². The van der Waals surface area contributed by atoms with Crippen LogP contribution in [0.4, 0.5) is 0 Å². The fraction of sp³-hybridized carbons (Fsp3) is 0.600. The molecule has 1 aromatic heterocycles. The molecule has 1 heterocycles. The van der Waals surface area contributed by atoms with Crippen molar-refractivity contribution in [3.63, 3.8) is 0 Å². The van der Waals surface area contributed by atoms with Crippen molar-refractivity contribution >= 4 is 11.3 Å². The molecule has 0 aliphatic heterocycles. The third-order valence-electron chi connectivity index (χ3n) is 1.71. The summed E-state index contributed by atoms with van der Waals surface area (Å²) in [5, 5.41) is 5.62. The molecule has 1 unspecified atom stereocenters. The average molecular weight is 183 g/mol. The van der Waals surface area contributed by atoms with Gasteiger partial charge in [-0.05, 0) is 24.8 Å². The Morgan fingerprint density at radius 1 is 1.42 bits per heavy atom. The van der Waals surface area contributed by atoms with Crippen LogP contribution in [0.2, 0.25) is 0 Å². The molecule has 1 atom stereocenters. The van der Waals surface area contributed by atoms with Crippen molar-refractivity contribution in [1.29, 1.82) is 0 Å². The highest BCUT2D eigenvalue weighted by Gasteiger charge is 2.04. The van der Waals surface area contributed by atoms with Crippen LogP contribution < -0.4 is 5.32 Å². The molecule has 0 saturated carbocycles. The van der Waals surface area contributed by atoms with Gasteiger partial charge in [0.2, 0.25) is 0 Å². The molecule has 0 fully saturated rings. The van der Waals surface area contributed by atoms with E-state index in [9.17, 15) is 0 Å². The lowest BCUT2D eigenvalue weighted by molar-refractivity contribution is 0.490. The number of hydrogen-bond acceptors (Lipinski definition) is 2. The van der Waals surface area contributed by atoms with Crippen molar-refractivity contribution in [3.05, 3.63) is 22.4 Å². The fourth-order valence-electron chi connectivity index (χ4n) is 1.36. The summed E-state index contributed by atoms with van der Waals surface area (Å²) in [6, 6.07) is 5.48. The van der Waals surface area contributed by atoms with E-state index in [0.29, 0.717) is 12.1 Å². The zero-order chi connectivity index (χ0) is 8.97. The Balaban J connectivity index is 2.32. The summed E-state index contributed by atoms with van der Waals surface area (Å²) in [7, 11) is 0. The summed E-state index contributed by atoms with van der Waals surface area (Å²) in [4.78, 5) is 1.47. The lowest BCUT2D eigenvalue weighted by Crippen LogP contribution is -2.33. The molecule has 68 valence electrons. The zero-order valence-corrected chi connectivity index (χ0v) is 8.82. The van der Waals surface area contributed by atoms with Crippen molar-refractivity contribution in [2.24, 2.45) is 0 Å². The smallest absolute Gasteiger partial charge is 0.00893 e. The number of rotatable bonds is 4. The number of nitrogens with one attached hydrogen (secondary N) is 1. The van der Waals surface area contributed by atoms with Crippen LogP contribution in [-0.4, -0.2) is 12.1 Å². The van der Waals surface area contributed by atoms with E-state index in [1.54, 1.807) is 0 Å². The predicted octanol–water partition coefficient (Wildman–Crippen LogP) is 2.68. The molecule has 0 radical (unpaired) electrons. The SMILES string of the molecule is CC(C)NC(C)Cc1cccs1. The van der Waals surface area contributed by atoms with E-state index >= 15 is 0 Å². The van der Waals surface area contributed by atoms with E-state index < -0.39 is 0 Å². The van der Waals surface area contributed by atoms with E-state index in [2.05, 4.69) is 43.6 Å². The second-order valence-electron chi connectivity index (χ2n) is 3.51. The van der Waals surface area contributed by atoms with Crippen LogP contribution in [0.5, 0.6) is 0 Å². The van der Waals surface area contributed by atoms with Gasteiger partial charge in [-0.2, -0.15) is 0 Å². The normalized spacial score (nSPS) is 13.7. The molecule has 1 N–H and O–H groups in total. The van der Waals surface area contributed by atoms with Gasteiger partial charge in [-0.15, -0.1) is 11.3 Å². The van der Waals surface area contributed by atoms with E-state index in [1.165, 1.54) is 4.88 Å². The molecule has 2 heteroatoms. The van der Waals surface area contributed by atoms with E-state index in [4.69, 9.17) is 0 Å². The van der Waals surface area contributed by atoms with Crippen molar-refractivity contribution in [2.45, 2.75) is 39.3 Å². The first-order chi connectivity index (χ1) is 5.68. The van der Waals surface area contributed by atoms with Crippen LogP contribution in [0.25, 0.3) is 0 Å². The second kappa shape index (κ2) is 4.63. The second-order valence-corrected chi connectivity index (χ2v) is 4.54. The highest BCUT2D eigenvalue weighted by molar-refractivity contribution is 7.09. The van der Waals surface area contributed by atoms with Crippen LogP contribution >= 0.6 is 11.3 Å². The Morgan fingerprint density at radius 3 is 2.67 bits per heavy atom. The molecule has 0 saturated heterocycles. The Labute approximate surface area is 78.8 Å². The number of hydrogen-bond donors (Lipinski definition) is 1. The highest BCUT2D eigenvalue weighted by Crippen LogP contribution is 2.10. The molecule has 0 aromatic carbocycles. The van der Waals surface area contributed by atoms with Crippen LogP contribution in [-0.2, 0) is 6.42 Å². The van der Waals surface area contributed by atoms with Crippen molar-refractivity contribution in [2.75, 3.05) is 0 Å². The molecule has 12 heavy (non-hydrogen) atoms. The summed E-state index contributed by atoms with van der Waals surface area (Å²) >= 11 is 1.84. The van der Waals surface area contributed by atoms with Crippen molar-refractivity contribution in [1.82, 2.24) is 5.32 Å². The van der Waals surface area contributed by atoms with Gasteiger partial charge in [0.05, 0.1) is 0 Å². The first kappa shape index (κ1) is 9.75. The lowest BCUT2D eigenvalue weighted by atomic mass is 10.2. The van der Waals surface area contributed by atoms with Gasteiger partial charge in [-0.25, -0.2) is 0 Å². The topological polar surface area (TPSA) is 12.0 Å². The molecule has 0 aliphatic rings. The van der Waals surface area contributed by atoms with Crippen LogP contribution in [0, 0.1) is 0 Å². The predicted molar refractivity (Wildman–Crippen MR) is 55.8 cm³/mol. The first-order valence-electron chi connectivity index (χ1n) is 4.47. The van der Waals surface area contributed by atoms with Crippen LogP contribution in [0.1, 0.15) is 25.6 Å². The van der Waals surface area contributed by atoms with Gasteiger partial charge in [-0.1, -0.05) is 19.9 Å². The van der Waals surface area contributed by atoms with Gasteiger partial charge < -0.3 is 5.32 Å². The van der Waals surface area contributed by atoms with Crippen molar-refractivity contribution in [3.8, 4) is 0 Å². The van der Waals surface area contributed by atoms with Gasteiger partial charge in [0, 0.05) is 17.0 Å². The van der Waals surface area contributed by atoms with E-state index in [1.807, 2.05) is 11.3 Å². The summed E-state index contributed by atoms with van der Waals surface area (Å²) in [5.41, 5.74) is 0. The third kappa shape index (κ3) is 3.37. The standard InChI is InChI=1S/C10H17NS/c1-8(2)11-9(3)7-10-5-4-6-12-10/h4-6,8-9,11H,7H2,1-3H3. The molecular weight excluding hydrogens is 166 g/mol.